The monoisotopic (exact) mass is 653 g/mol. The first kappa shape index (κ1) is 32.3. The summed E-state index contributed by atoms with van der Waals surface area (Å²) in [6.07, 6.45) is 6.85. The van der Waals surface area contributed by atoms with Crippen LogP contribution in [-0.2, 0) is 14.3 Å². The van der Waals surface area contributed by atoms with Crippen molar-refractivity contribution in [2.45, 2.75) is 93.9 Å². The van der Waals surface area contributed by atoms with E-state index in [0.29, 0.717) is 43.1 Å². The highest BCUT2D eigenvalue weighted by atomic mass is 19.1. The third kappa shape index (κ3) is 6.12. The molecule has 256 valence electrons. The first-order valence-electron chi connectivity index (χ1n) is 17.5. The number of likely N-dealkylation sites (tertiary alicyclic amines) is 2. The number of rotatable bonds is 9. The number of nitrogens with zero attached hydrogens (tertiary/aromatic N) is 3. The molecule has 5 fully saturated rings. The van der Waals surface area contributed by atoms with Gasteiger partial charge >= 0.3 is 0 Å². The van der Waals surface area contributed by atoms with Gasteiger partial charge in [0.15, 0.2) is 17.3 Å². The van der Waals surface area contributed by atoms with Gasteiger partial charge < -0.3 is 34.6 Å². The average molecular weight is 654 g/mol. The largest absolute Gasteiger partial charge is 0.493 e. The summed E-state index contributed by atoms with van der Waals surface area (Å²) in [5.41, 5.74) is 0.535. The predicted octanol–water partition coefficient (Wildman–Crippen LogP) is 2.29. The number of halogens is 1. The number of ketones is 1. The highest BCUT2D eigenvalue weighted by molar-refractivity contribution is 6.20. The first-order valence-corrected chi connectivity index (χ1v) is 17.5. The molecule has 6 aliphatic rings. The Morgan fingerprint density at radius 3 is 2.60 bits per heavy atom. The number of hydrogen-bond acceptors (Lipinski definition) is 9. The van der Waals surface area contributed by atoms with Crippen molar-refractivity contribution >= 4 is 17.6 Å². The van der Waals surface area contributed by atoms with Crippen LogP contribution in [0, 0.1) is 5.92 Å². The Labute approximate surface area is 276 Å². The van der Waals surface area contributed by atoms with Crippen LogP contribution in [0.4, 0.5) is 4.39 Å². The van der Waals surface area contributed by atoms with Crippen molar-refractivity contribution in [1.29, 1.82) is 0 Å². The molecule has 4 heterocycles. The second-order valence-electron chi connectivity index (χ2n) is 14.0. The van der Waals surface area contributed by atoms with Gasteiger partial charge in [-0.15, -0.1) is 0 Å². The molecule has 1 aromatic carbocycles. The number of carbonyl (C=O) groups is 3. The molecular weight excluding hydrogens is 605 g/mol. The Hall–Kier alpha value is -3.22. The number of Topliss-reactive ketones (excluding diaryl/α,β-unsaturated/α-hetero) is 1. The van der Waals surface area contributed by atoms with E-state index in [1.54, 1.807) is 24.4 Å². The van der Waals surface area contributed by atoms with Crippen molar-refractivity contribution in [1.82, 2.24) is 25.3 Å². The van der Waals surface area contributed by atoms with Crippen molar-refractivity contribution in [3.63, 3.8) is 0 Å². The number of nitrogens with one attached hydrogen (secondary N) is 2. The molecule has 8 atom stereocenters. The van der Waals surface area contributed by atoms with Gasteiger partial charge in [-0.25, -0.2) is 4.39 Å². The number of morpholine rings is 1. The Morgan fingerprint density at radius 1 is 1.00 bits per heavy atom. The minimum atomic E-state index is -1.31. The van der Waals surface area contributed by atoms with E-state index in [-0.39, 0.29) is 53.8 Å². The van der Waals surface area contributed by atoms with Crippen LogP contribution in [-0.4, -0.2) is 128 Å². The fraction of sp³-hybridized carbons (Fsp3) is 0.686. The average Bonchev–Trinajstić information content (AvgIpc) is 3.77. The van der Waals surface area contributed by atoms with Gasteiger partial charge in [0.05, 0.1) is 55.7 Å². The fourth-order valence-electron chi connectivity index (χ4n) is 9.09. The third-order valence-corrected chi connectivity index (χ3v) is 11.3. The zero-order valence-electron chi connectivity index (χ0n) is 27.5. The second kappa shape index (κ2) is 13.7. The lowest BCUT2D eigenvalue weighted by Gasteiger charge is -2.60. The minimum absolute atomic E-state index is 0.0504. The molecule has 0 spiro atoms. The van der Waals surface area contributed by atoms with E-state index in [2.05, 4.69) is 25.3 Å². The highest BCUT2D eigenvalue weighted by Gasteiger charge is 2.60. The number of benzene rings is 1. The van der Waals surface area contributed by atoms with E-state index < -0.39 is 24.2 Å². The molecule has 2 saturated carbocycles. The number of amides is 2. The molecule has 7 rings (SSSR count). The predicted molar refractivity (Wildman–Crippen MR) is 172 cm³/mol. The lowest BCUT2D eigenvalue weighted by Crippen LogP contribution is -2.73. The van der Waals surface area contributed by atoms with Gasteiger partial charge in [0.2, 0.25) is 0 Å². The van der Waals surface area contributed by atoms with E-state index in [1.165, 1.54) is 27.1 Å². The SMILES string of the molecule is COc1cccc(C(=O)NC2CCN(C3C(F)CC4C(=O)C(C(=O)NCCN5CCCC5)=CN5C6CCCCC6OC3C45)C2)c1OC. The van der Waals surface area contributed by atoms with Crippen LogP contribution in [0.5, 0.6) is 11.5 Å². The zero-order valence-corrected chi connectivity index (χ0v) is 27.5. The quantitative estimate of drug-likeness (QED) is 0.388. The van der Waals surface area contributed by atoms with E-state index in [9.17, 15) is 14.4 Å². The van der Waals surface area contributed by atoms with Crippen LogP contribution < -0.4 is 20.1 Å². The summed E-state index contributed by atoms with van der Waals surface area (Å²) in [6.45, 7) is 4.41. The van der Waals surface area contributed by atoms with Crippen molar-refractivity contribution in [3.8, 4) is 11.5 Å². The smallest absolute Gasteiger partial charge is 0.256 e. The molecule has 3 saturated heterocycles. The molecule has 0 bridgehead atoms. The molecule has 0 aromatic heterocycles. The summed E-state index contributed by atoms with van der Waals surface area (Å²) in [5.74, 6) is -0.690. The van der Waals surface area contributed by atoms with Gasteiger partial charge in [0, 0.05) is 44.3 Å². The molecule has 1 aromatic rings. The first-order chi connectivity index (χ1) is 22.9. The summed E-state index contributed by atoms with van der Waals surface area (Å²) < 4.78 is 34.1. The van der Waals surface area contributed by atoms with Crippen LogP contribution in [0.3, 0.4) is 0 Å². The van der Waals surface area contributed by atoms with Crippen LogP contribution in [0.1, 0.15) is 61.7 Å². The Bertz CT molecular complexity index is 1390. The van der Waals surface area contributed by atoms with Crippen LogP contribution in [0.2, 0.25) is 0 Å². The molecule has 12 heteroatoms. The Kier molecular flexibility index (Phi) is 9.44. The molecule has 0 radical (unpaired) electrons. The number of hydrogen-bond donors (Lipinski definition) is 2. The van der Waals surface area contributed by atoms with E-state index in [4.69, 9.17) is 14.2 Å². The molecule has 11 nitrogen and oxygen atoms in total. The number of ether oxygens (including phenoxy) is 3. The standard InChI is InChI=1S/C35H48FN5O6/c1-45-28-11-7-8-22(32(28)46-2)35(44)38-21-12-16-40(19-21)30-25(36)18-23-29-33(30)47-27-10-4-3-9-26(27)41(29)20-24(31(23)42)34(43)37-13-17-39-14-5-6-15-39/h7-8,11,20-21,23,25-27,29-30,33H,3-6,9-10,12-19H2,1-2H3,(H,37,43)(H,38,44). The topological polar surface area (TPSA) is 113 Å². The maximum absolute atomic E-state index is 16.5. The number of para-hydroxylation sites is 1. The van der Waals surface area contributed by atoms with Crippen molar-refractivity contribution in [2.75, 3.05) is 53.5 Å². The zero-order chi connectivity index (χ0) is 32.7. The number of methoxy groups -OCH3 is 2. The van der Waals surface area contributed by atoms with E-state index >= 15 is 4.39 Å². The molecule has 8 unspecified atom stereocenters. The van der Waals surface area contributed by atoms with Gasteiger partial charge in [0.1, 0.15) is 6.17 Å². The molecule has 2 N–H and O–H groups in total. The fourth-order valence-corrected chi connectivity index (χ4v) is 9.09. The second-order valence-corrected chi connectivity index (χ2v) is 14.0. The summed E-state index contributed by atoms with van der Waals surface area (Å²) >= 11 is 0. The number of alkyl halides is 1. The maximum atomic E-state index is 16.5. The highest BCUT2D eigenvalue weighted by Crippen LogP contribution is 2.47. The lowest BCUT2D eigenvalue weighted by atomic mass is 9.69. The molecule has 2 amide bonds. The maximum Gasteiger partial charge on any atom is 0.256 e. The normalized spacial score (nSPS) is 33.9. The van der Waals surface area contributed by atoms with Crippen molar-refractivity contribution in [2.24, 2.45) is 5.92 Å². The molecule has 47 heavy (non-hydrogen) atoms. The molecule has 2 aliphatic carbocycles. The summed E-state index contributed by atoms with van der Waals surface area (Å²) in [5, 5.41) is 6.10. The lowest BCUT2D eigenvalue weighted by molar-refractivity contribution is -0.209. The number of fused-ring (bicyclic) bond motifs is 2. The van der Waals surface area contributed by atoms with Gasteiger partial charge in [0.25, 0.3) is 11.8 Å². The van der Waals surface area contributed by atoms with Crippen LogP contribution >= 0.6 is 0 Å². The summed E-state index contributed by atoms with van der Waals surface area (Å²) in [6, 6.07) is 4.19. The van der Waals surface area contributed by atoms with Gasteiger partial charge in [-0.1, -0.05) is 18.9 Å². The molecular formula is C35H48FN5O6. The van der Waals surface area contributed by atoms with E-state index in [0.717, 1.165) is 45.3 Å². The summed E-state index contributed by atoms with van der Waals surface area (Å²) in [4.78, 5) is 47.3. The Morgan fingerprint density at radius 2 is 1.81 bits per heavy atom. The van der Waals surface area contributed by atoms with Crippen LogP contribution in [0.15, 0.2) is 30.0 Å². The third-order valence-electron chi connectivity index (χ3n) is 11.3. The Balaban J connectivity index is 1.08. The van der Waals surface area contributed by atoms with Gasteiger partial charge in [-0.05, 0) is 63.7 Å². The van der Waals surface area contributed by atoms with E-state index in [1.807, 2.05) is 0 Å². The van der Waals surface area contributed by atoms with Gasteiger partial charge in [-0.3, -0.25) is 19.3 Å². The molecule has 4 aliphatic heterocycles. The number of carbonyl (C=O) groups excluding carboxylic acids is 3. The van der Waals surface area contributed by atoms with Crippen molar-refractivity contribution in [3.05, 3.63) is 35.5 Å². The minimum Gasteiger partial charge on any atom is -0.493 e. The summed E-state index contributed by atoms with van der Waals surface area (Å²) in [7, 11) is 3.03. The van der Waals surface area contributed by atoms with Crippen molar-refractivity contribution < 1.29 is 33.0 Å². The van der Waals surface area contributed by atoms with Gasteiger partial charge in [-0.2, -0.15) is 0 Å². The van der Waals surface area contributed by atoms with Crippen LogP contribution in [0.25, 0.3) is 0 Å².